The molecule has 8 nitrogen and oxygen atoms in total. The van der Waals surface area contributed by atoms with Gasteiger partial charge in [0.15, 0.2) is 5.76 Å². The van der Waals surface area contributed by atoms with Crippen LogP contribution >= 0.6 is 0 Å². The molecule has 57 heavy (non-hydrogen) atoms. The van der Waals surface area contributed by atoms with E-state index in [2.05, 4.69) is 57.6 Å². The van der Waals surface area contributed by atoms with Crippen molar-refractivity contribution < 1.29 is 46.9 Å². The first-order valence-corrected chi connectivity index (χ1v) is 21.1. The highest BCUT2D eigenvalue weighted by molar-refractivity contribution is 6.08. The Balaban J connectivity index is 1.15. The van der Waals surface area contributed by atoms with Gasteiger partial charge in [-0.15, -0.1) is 13.2 Å². The Bertz CT molecular complexity index is 1910. The number of fused-ring (bicyclic) bond motifs is 1. The minimum atomic E-state index is -4.84. The second kappa shape index (κ2) is 14.0. The van der Waals surface area contributed by atoms with Crippen LogP contribution in [-0.4, -0.2) is 57.7 Å². The number of Topliss-reactive ketones (excluding diaryl/α,β-unsaturated/α-hetero) is 1. The van der Waals surface area contributed by atoms with Crippen molar-refractivity contribution >= 4 is 11.9 Å². The number of benzene rings is 1. The van der Waals surface area contributed by atoms with Crippen molar-refractivity contribution in [2.45, 2.75) is 130 Å². The lowest BCUT2D eigenvalue weighted by Gasteiger charge is -2.71. The van der Waals surface area contributed by atoms with Gasteiger partial charge in [0.25, 0.3) is 0 Å². The van der Waals surface area contributed by atoms with Gasteiger partial charge >= 0.3 is 12.5 Å². The summed E-state index contributed by atoms with van der Waals surface area (Å²) in [6.07, 6.45) is 9.22. The van der Waals surface area contributed by atoms with E-state index in [1.54, 1.807) is 17.0 Å². The van der Waals surface area contributed by atoms with Crippen molar-refractivity contribution in [3.05, 3.63) is 77.8 Å². The molecule has 7 aliphatic rings. The van der Waals surface area contributed by atoms with Gasteiger partial charge in [-0.2, -0.15) is 0 Å². The molecule has 2 N–H and O–H groups in total. The molecule has 7 aliphatic carbocycles. The Labute approximate surface area is 333 Å². The molecule has 2 aromatic rings. The lowest BCUT2D eigenvalue weighted by atomic mass is 9.32. The van der Waals surface area contributed by atoms with E-state index in [1.165, 1.54) is 30.5 Å². The summed E-state index contributed by atoms with van der Waals surface area (Å²) in [4.78, 5) is 30.7. The van der Waals surface area contributed by atoms with Gasteiger partial charge in [0.1, 0.15) is 11.9 Å². The molecule has 0 radical (unpaired) electrons. The van der Waals surface area contributed by atoms with E-state index in [0.717, 1.165) is 32.1 Å². The number of nitrogens with zero attached hydrogens (tertiary/aromatic N) is 1. The predicted molar refractivity (Wildman–Crippen MR) is 207 cm³/mol. The van der Waals surface area contributed by atoms with Gasteiger partial charge in [-0.25, -0.2) is 4.79 Å². The molecule has 11 heteroatoms. The quantitative estimate of drug-likeness (QED) is 0.192. The summed E-state index contributed by atoms with van der Waals surface area (Å²) in [7, 11) is 0. The largest absolute Gasteiger partial charge is 0.573 e. The first-order valence-electron chi connectivity index (χ1n) is 21.1. The Morgan fingerprint density at radius 2 is 1.67 bits per heavy atom. The van der Waals surface area contributed by atoms with Gasteiger partial charge in [0, 0.05) is 28.4 Å². The zero-order chi connectivity index (χ0) is 40.8. The van der Waals surface area contributed by atoms with Crippen LogP contribution in [0.2, 0.25) is 0 Å². The summed E-state index contributed by atoms with van der Waals surface area (Å²) in [6.45, 7) is 10.9. The molecule has 1 aromatic carbocycles. The van der Waals surface area contributed by atoms with Crippen molar-refractivity contribution in [1.82, 2.24) is 4.90 Å². The van der Waals surface area contributed by atoms with Crippen LogP contribution in [0.5, 0.6) is 5.75 Å². The van der Waals surface area contributed by atoms with Gasteiger partial charge in [0.2, 0.25) is 5.78 Å². The molecule has 9 rings (SSSR count). The number of halogens is 3. The molecule has 4 fully saturated rings. The number of aliphatic hydroxyl groups excluding tert-OH is 1. The van der Waals surface area contributed by atoms with Crippen LogP contribution in [-0.2, 0) is 11.3 Å². The van der Waals surface area contributed by atoms with Crippen LogP contribution in [0.3, 0.4) is 0 Å². The fraction of sp³-hybridized carbons (Fsp3) is 0.652. The van der Waals surface area contributed by atoms with Gasteiger partial charge in [-0.1, -0.05) is 71.4 Å². The van der Waals surface area contributed by atoms with E-state index < -0.39 is 40.4 Å². The Kier molecular flexibility index (Phi) is 9.90. The number of carbonyl (C=O) groups is 2. The summed E-state index contributed by atoms with van der Waals surface area (Å²) in [5.74, 6) is 0.549. The Morgan fingerprint density at radius 3 is 2.35 bits per heavy atom. The van der Waals surface area contributed by atoms with E-state index in [-0.39, 0.29) is 59.7 Å². The average Bonchev–Trinajstić information content (AvgIpc) is 3.77. The van der Waals surface area contributed by atoms with Gasteiger partial charge in [0.05, 0.1) is 24.5 Å². The van der Waals surface area contributed by atoms with Crippen LogP contribution in [0, 0.1) is 51.2 Å². The van der Waals surface area contributed by atoms with E-state index in [4.69, 9.17) is 9.15 Å². The number of carbonyl (C=O) groups excluding carboxylic acids is 2. The Morgan fingerprint density at radius 1 is 0.965 bits per heavy atom. The molecule has 1 heterocycles. The number of allylic oxidation sites excluding steroid dienone is 4. The Hall–Kier alpha value is -3.57. The lowest BCUT2D eigenvalue weighted by molar-refractivity contribution is -0.274. The third-order valence-corrected chi connectivity index (χ3v) is 16.2. The highest BCUT2D eigenvalue weighted by Crippen LogP contribution is 2.78. The number of alkyl halides is 3. The van der Waals surface area contributed by atoms with Crippen LogP contribution in [0.4, 0.5) is 18.0 Å². The average molecular weight is 794 g/mol. The van der Waals surface area contributed by atoms with Gasteiger partial charge in [-0.3, -0.25) is 4.79 Å². The predicted octanol–water partition coefficient (Wildman–Crippen LogP) is 10.1. The molecule has 0 saturated heterocycles. The van der Waals surface area contributed by atoms with E-state index in [1.807, 2.05) is 0 Å². The molecule has 4 saturated carbocycles. The van der Waals surface area contributed by atoms with Crippen LogP contribution < -0.4 is 4.74 Å². The molecule has 1 aromatic heterocycles. The number of ketones is 1. The van der Waals surface area contributed by atoms with Crippen molar-refractivity contribution in [2.75, 3.05) is 6.54 Å². The lowest BCUT2D eigenvalue weighted by Crippen LogP contribution is -2.67. The fourth-order valence-electron chi connectivity index (χ4n) is 13.1. The first-order chi connectivity index (χ1) is 26.8. The summed E-state index contributed by atoms with van der Waals surface area (Å²) in [5.41, 5.74) is -2.26. The van der Waals surface area contributed by atoms with E-state index >= 15 is 0 Å². The number of ether oxygens (including phenoxy) is 2. The maximum Gasteiger partial charge on any atom is 0.573 e. The van der Waals surface area contributed by atoms with Crippen molar-refractivity contribution in [3.63, 3.8) is 0 Å². The molecule has 2 spiro atoms. The number of aliphatic hydroxyl groups is 2. The highest BCUT2D eigenvalue weighted by Gasteiger charge is 2.74. The van der Waals surface area contributed by atoms with Crippen LogP contribution in [0.1, 0.15) is 115 Å². The maximum absolute atomic E-state index is 14.6. The van der Waals surface area contributed by atoms with Gasteiger partial charge in [-0.05, 0) is 123 Å². The first kappa shape index (κ1) is 40.2. The molecule has 0 aliphatic heterocycles. The monoisotopic (exact) mass is 793 g/mol. The highest BCUT2D eigenvalue weighted by atomic mass is 19.4. The molecular formula is C46H58F3NO7. The minimum Gasteiger partial charge on any atom is -0.461 e. The number of hydrogen-bond donors (Lipinski definition) is 2. The zero-order valence-corrected chi connectivity index (χ0v) is 33.8. The standard InChI is InChI=1S/C46H58F3NO7/c1-28(2)33-13-8-29(3)23-36(33)56-40(53)50(26-30-9-11-32(12-10-30)57-46(47,48)49)27-44(54)19-16-38-42(44,5)18-15-37-41(4)17-14-31(51)24-43(41)20-21-45(37,38)34(25-43)39(52)35-7-6-22-55-35/h6-7,9-12,20-22,25,28-29,31,33,36-38,51,54H,8,13-19,23-24,26-27H2,1-5H3/t29-,31?,33+,36-,37+,38+,41+,42-,43-,44+,45+/m0/s1. The summed E-state index contributed by atoms with van der Waals surface area (Å²) in [6, 6.07) is 8.90. The second-order valence-electron chi connectivity index (χ2n) is 19.4. The maximum atomic E-state index is 14.6. The molecule has 310 valence electrons. The summed E-state index contributed by atoms with van der Waals surface area (Å²) in [5, 5.41) is 24.2. The van der Waals surface area contributed by atoms with Crippen molar-refractivity contribution in [1.29, 1.82) is 0 Å². The molecule has 1 unspecified atom stereocenters. The normalized spacial score (nSPS) is 39.5. The second-order valence-corrected chi connectivity index (χ2v) is 19.4. The molecule has 11 atom stereocenters. The smallest absolute Gasteiger partial charge is 0.461 e. The molecular weight excluding hydrogens is 735 g/mol. The minimum absolute atomic E-state index is 0.0154. The number of amides is 1. The topological polar surface area (TPSA) is 109 Å². The summed E-state index contributed by atoms with van der Waals surface area (Å²) < 4.78 is 55.2. The van der Waals surface area contributed by atoms with Crippen LogP contribution in [0.25, 0.3) is 0 Å². The summed E-state index contributed by atoms with van der Waals surface area (Å²) >= 11 is 0. The van der Waals surface area contributed by atoms with Gasteiger partial charge < -0.3 is 29.0 Å². The van der Waals surface area contributed by atoms with Crippen molar-refractivity contribution in [2.24, 2.45) is 51.2 Å². The third-order valence-electron chi connectivity index (χ3n) is 16.2. The molecule has 2 bridgehead atoms. The number of furan rings is 1. The SMILES string of the molecule is CC(C)[C@H]1CC[C@H](C)C[C@@H]1OC(=O)N(Cc1ccc(OC(F)(F)F)cc1)C[C@]1(O)CC[C@H]2[C@]34C=C[C@@]5(C=C3C(=O)c3ccco3)CC(O)CC[C@]5(C)[C@H]4CC[C@@]21C. The number of rotatable bonds is 9. The zero-order valence-electron chi connectivity index (χ0n) is 33.8. The van der Waals surface area contributed by atoms with E-state index in [0.29, 0.717) is 55.1 Å². The fourth-order valence-corrected chi connectivity index (χ4v) is 13.1. The molecule has 1 amide bonds. The van der Waals surface area contributed by atoms with E-state index in [9.17, 15) is 33.0 Å². The number of hydrogen-bond acceptors (Lipinski definition) is 7. The van der Waals surface area contributed by atoms with Crippen LogP contribution in [0.15, 0.2) is 70.9 Å². The third kappa shape index (κ3) is 6.48. The van der Waals surface area contributed by atoms with Crippen molar-refractivity contribution in [3.8, 4) is 5.75 Å².